The largest absolute Gasteiger partial charge is 0.322 e. The van der Waals surface area contributed by atoms with Crippen molar-refractivity contribution in [1.82, 2.24) is 14.2 Å². The Bertz CT molecular complexity index is 296. The number of amides is 1. The third-order valence-corrected chi connectivity index (χ3v) is 1.47. The van der Waals surface area contributed by atoms with Gasteiger partial charge in [0.2, 0.25) is 5.91 Å². The standard InChI is InChI=1S/C7H11ClN4O/c1-11(8)5-7(13)10-6-3-9-12(2)4-6/h3-4H,5H2,1-2H3,(H,10,13). The molecule has 0 aromatic carbocycles. The number of carbonyl (C=O) groups excluding carboxylic acids is 1. The number of likely N-dealkylation sites (N-methyl/N-ethyl adjacent to an activating group) is 1. The molecule has 1 heterocycles. The van der Waals surface area contributed by atoms with Crippen LogP contribution in [0.15, 0.2) is 12.4 Å². The summed E-state index contributed by atoms with van der Waals surface area (Å²) in [7, 11) is 3.40. The maximum atomic E-state index is 11.2. The van der Waals surface area contributed by atoms with E-state index in [0.29, 0.717) is 5.69 Å². The van der Waals surface area contributed by atoms with Gasteiger partial charge in [-0.25, -0.2) is 4.42 Å². The van der Waals surface area contributed by atoms with E-state index in [-0.39, 0.29) is 12.5 Å². The number of halogens is 1. The molecule has 0 unspecified atom stereocenters. The summed E-state index contributed by atoms with van der Waals surface area (Å²) < 4.78 is 2.89. The maximum Gasteiger partial charge on any atom is 0.239 e. The lowest BCUT2D eigenvalue weighted by atomic mass is 10.5. The SMILES string of the molecule is CN(Cl)CC(=O)Nc1cnn(C)c1. The first kappa shape index (κ1) is 10.0. The fourth-order valence-corrected chi connectivity index (χ4v) is 0.993. The Morgan fingerprint density at radius 2 is 2.54 bits per heavy atom. The van der Waals surface area contributed by atoms with E-state index in [1.54, 1.807) is 31.2 Å². The second-order valence-electron chi connectivity index (χ2n) is 2.71. The molecule has 5 nitrogen and oxygen atoms in total. The van der Waals surface area contributed by atoms with E-state index >= 15 is 0 Å². The molecule has 0 aliphatic rings. The Kier molecular flexibility index (Phi) is 3.27. The number of hydrogen-bond acceptors (Lipinski definition) is 3. The maximum absolute atomic E-state index is 11.2. The molecule has 0 fully saturated rings. The number of anilines is 1. The molecular weight excluding hydrogens is 192 g/mol. The van der Waals surface area contributed by atoms with Crippen molar-refractivity contribution in [2.75, 3.05) is 18.9 Å². The number of nitrogens with one attached hydrogen (secondary N) is 1. The van der Waals surface area contributed by atoms with Gasteiger partial charge in [-0.2, -0.15) is 5.10 Å². The van der Waals surface area contributed by atoms with Crippen molar-refractivity contribution >= 4 is 23.4 Å². The first-order chi connectivity index (χ1) is 6.08. The number of carbonyl (C=O) groups is 1. The van der Waals surface area contributed by atoms with Crippen LogP contribution in [0.2, 0.25) is 0 Å². The third-order valence-electron chi connectivity index (χ3n) is 1.35. The molecule has 72 valence electrons. The number of aromatic nitrogens is 2. The minimum Gasteiger partial charge on any atom is -0.322 e. The van der Waals surface area contributed by atoms with Gasteiger partial charge in [-0.05, 0) is 11.8 Å². The summed E-state index contributed by atoms with van der Waals surface area (Å²) in [5, 5.41) is 6.55. The molecule has 0 aliphatic heterocycles. The van der Waals surface area contributed by atoms with E-state index in [1.807, 2.05) is 0 Å². The average molecular weight is 203 g/mol. The summed E-state index contributed by atoms with van der Waals surface area (Å²) in [5.41, 5.74) is 0.672. The van der Waals surface area contributed by atoms with Crippen molar-refractivity contribution in [1.29, 1.82) is 0 Å². The van der Waals surface area contributed by atoms with E-state index < -0.39 is 0 Å². The van der Waals surface area contributed by atoms with Gasteiger partial charge >= 0.3 is 0 Å². The summed E-state index contributed by atoms with van der Waals surface area (Å²) in [4.78, 5) is 11.2. The minimum absolute atomic E-state index is 0.149. The number of hydrogen-bond donors (Lipinski definition) is 1. The van der Waals surface area contributed by atoms with Gasteiger partial charge < -0.3 is 5.32 Å². The van der Waals surface area contributed by atoms with Gasteiger partial charge in [0.1, 0.15) is 0 Å². The molecule has 0 atom stereocenters. The van der Waals surface area contributed by atoms with Crippen LogP contribution in [0, 0.1) is 0 Å². The second-order valence-corrected chi connectivity index (χ2v) is 3.29. The van der Waals surface area contributed by atoms with Gasteiger partial charge in [0.05, 0.1) is 18.4 Å². The molecule has 1 rings (SSSR count). The highest BCUT2D eigenvalue weighted by atomic mass is 35.5. The van der Waals surface area contributed by atoms with Crippen LogP contribution < -0.4 is 5.32 Å². The molecule has 0 saturated heterocycles. The van der Waals surface area contributed by atoms with E-state index in [4.69, 9.17) is 11.8 Å². The fourth-order valence-electron chi connectivity index (χ4n) is 0.884. The van der Waals surface area contributed by atoms with Gasteiger partial charge in [0.15, 0.2) is 0 Å². The topological polar surface area (TPSA) is 50.2 Å². The van der Waals surface area contributed by atoms with E-state index in [2.05, 4.69) is 10.4 Å². The molecule has 0 spiro atoms. The third kappa shape index (κ3) is 3.43. The van der Waals surface area contributed by atoms with Crippen molar-refractivity contribution in [3.05, 3.63) is 12.4 Å². The molecule has 1 N–H and O–H groups in total. The van der Waals surface area contributed by atoms with Crippen LogP contribution in [0.3, 0.4) is 0 Å². The van der Waals surface area contributed by atoms with Crippen LogP contribution in [0.1, 0.15) is 0 Å². The predicted octanol–water partition coefficient (Wildman–Crippen LogP) is 0.444. The molecule has 1 aromatic heterocycles. The quantitative estimate of drug-likeness (QED) is 0.724. The number of nitrogens with zero attached hydrogens (tertiary/aromatic N) is 3. The van der Waals surface area contributed by atoms with Gasteiger partial charge in [0.25, 0.3) is 0 Å². The highest BCUT2D eigenvalue weighted by Gasteiger charge is 2.05. The molecule has 0 saturated carbocycles. The lowest BCUT2D eigenvalue weighted by molar-refractivity contribution is -0.116. The smallest absolute Gasteiger partial charge is 0.239 e. The molecular formula is C7H11ClN4O. The Morgan fingerprint density at radius 3 is 3.00 bits per heavy atom. The van der Waals surface area contributed by atoms with Crippen molar-refractivity contribution in [2.24, 2.45) is 7.05 Å². The zero-order valence-corrected chi connectivity index (χ0v) is 8.25. The molecule has 0 aliphatic carbocycles. The van der Waals surface area contributed by atoms with Crippen LogP contribution in [0.4, 0.5) is 5.69 Å². The predicted molar refractivity (Wildman–Crippen MR) is 50.3 cm³/mol. The zero-order valence-electron chi connectivity index (χ0n) is 7.49. The first-order valence-corrected chi connectivity index (χ1v) is 4.07. The summed E-state index contributed by atoms with van der Waals surface area (Å²) >= 11 is 5.50. The number of rotatable bonds is 3. The number of aryl methyl sites for hydroxylation is 1. The van der Waals surface area contributed by atoms with E-state index in [9.17, 15) is 4.79 Å². The van der Waals surface area contributed by atoms with E-state index in [1.165, 1.54) is 4.42 Å². The summed E-state index contributed by atoms with van der Waals surface area (Å²) in [6, 6.07) is 0. The molecule has 6 heteroatoms. The molecule has 1 aromatic rings. The van der Waals surface area contributed by atoms with Gasteiger partial charge in [0, 0.05) is 20.3 Å². The summed E-state index contributed by atoms with van der Waals surface area (Å²) in [6.07, 6.45) is 3.29. The van der Waals surface area contributed by atoms with Crippen molar-refractivity contribution < 1.29 is 4.79 Å². The van der Waals surface area contributed by atoms with Crippen LogP contribution in [-0.4, -0.2) is 33.7 Å². The van der Waals surface area contributed by atoms with E-state index in [0.717, 1.165) is 0 Å². The Labute approximate surface area is 81.4 Å². The Hall–Kier alpha value is -1.07. The van der Waals surface area contributed by atoms with Crippen molar-refractivity contribution in [3.8, 4) is 0 Å². The molecule has 1 amide bonds. The second kappa shape index (κ2) is 4.25. The van der Waals surface area contributed by atoms with Gasteiger partial charge in [-0.1, -0.05) is 0 Å². The molecule has 13 heavy (non-hydrogen) atoms. The van der Waals surface area contributed by atoms with Gasteiger partial charge in [-0.15, -0.1) is 0 Å². The molecule has 0 bridgehead atoms. The Morgan fingerprint density at radius 1 is 1.85 bits per heavy atom. The first-order valence-electron chi connectivity index (χ1n) is 3.73. The lowest BCUT2D eigenvalue weighted by Crippen LogP contribution is -2.23. The van der Waals surface area contributed by atoms with Crippen molar-refractivity contribution in [3.63, 3.8) is 0 Å². The van der Waals surface area contributed by atoms with Gasteiger partial charge in [-0.3, -0.25) is 9.48 Å². The summed E-state index contributed by atoms with van der Waals surface area (Å²) in [5.74, 6) is -0.162. The molecule has 0 radical (unpaired) electrons. The van der Waals surface area contributed by atoms with Crippen molar-refractivity contribution in [2.45, 2.75) is 0 Å². The fraction of sp³-hybridized carbons (Fsp3) is 0.429. The van der Waals surface area contributed by atoms with Crippen LogP contribution in [0.5, 0.6) is 0 Å². The summed E-state index contributed by atoms with van der Waals surface area (Å²) in [6.45, 7) is 0.149. The lowest BCUT2D eigenvalue weighted by Gasteiger charge is -2.05. The minimum atomic E-state index is -0.162. The van der Waals surface area contributed by atoms with Crippen LogP contribution in [0.25, 0.3) is 0 Å². The monoisotopic (exact) mass is 202 g/mol. The highest BCUT2D eigenvalue weighted by molar-refractivity contribution is 6.14. The average Bonchev–Trinajstić information content (AvgIpc) is 2.33. The normalized spacial score (nSPS) is 10.5. The highest BCUT2D eigenvalue weighted by Crippen LogP contribution is 2.03. The van der Waals surface area contributed by atoms with Crippen LogP contribution in [-0.2, 0) is 11.8 Å². The van der Waals surface area contributed by atoms with Crippen LogP contribution >= 0.6 is 11.8 Å². The Balaban J connectivity index is 2.45. The zero-order chi connectivity index (χ0) is 9.84.